The molecule has 3 aromatic rings. The maximum absolute atomic E-state index is 4.52. The van der Waals surface area contributed by atoms with Crippen LogP contribution in [0.3, 0.4) is 0 Å². The van der Waals surface area contributed by atoms with Crippen LogP contribution < -0.4 is 10.6 Å². The molecule has 2 N–H and O–H groups in total. The molecule has 0 atom stereocenters. The van der Waals surface area contributed by atoms with Gasteiger partial charge in [0.2, 0.25) is 0 Å². The molecule has 0 aliphatic heterocycles. The predicted molar refractivity (Wildman–Crippen MR) is 88.3 cm³/mol. The third kappa shape index (κ3) is 2.52. The van der Waals surface area contributed by atoms with Crippen LogP contribution in [0.15, 0.2) is 42.5 Å². The summed E-state index contributed by atoms with van der Waals surface area (Å²) < 4.78 is 0. The zero-order valence-electron chi connectivity index (χ0n) is 12.4. The summed E-state index contributed by atoms with van der Waals surface area (Å²) in [6.07, 6.45) is 0. The molecular weight excluding hydrogens is 260 g/mol. The Kier molecular flexibility index (Phi) is 3.44. The average Bonchev–Trinajstić information content (AvgIpc) is 2.51. The first kappa shape index (κ1) is 13.4. The summed E-state index contributed by atoms with van der Waals surface area (Å²) in [4.78, 5) is 8.91. The topological polar surface area (TPSA) is 49.8 Å². The molecule has 0 bridgehead atoms. The number of hydrogen-bond donors (Lipinski definition) is 2. The highest BCUT2D eigenvalue weighted by atomic mass is 15.1. The molecule has 3 rings (SSSR count). The van der Waals surface area contributed by atoms with Gasteiger partial charge in [0.05, 0.1) is 0 Å². The second-order valence-electron chi connectivity index (χ2n) is 4.99. The largest absolute Gasteiger partial charge is 0.373 e. The van der Waals surface area contributed by atoms with Gasteiger partial charge >= 0.3 is 0 Å². The van der Waals surface area contributed by atoms with Crippen LogP contribution in [0.1, 0.15) is 11.4 Å². The lowest BCUT2D eigenvalue weighted by Crippen LogP contribution is -2.05. The summed E-state index contributed by atoms with van der Waals surface area (Å²) in [5.41, 5.74) is 2.06. The number of nitrogens with one attached hydrogen (secondary N) is 2. The van der Waals surface area contributed by atoms with Gasteiger partial charge in [-0.25, -0.2) is 9.97 Å². The zero-order valence-corrected chi connectivity index (χ0v) is 12.4. The first-order chi connectivity index (χ1) is 10.2. The van der Waals surface area contributed by atoms with Crippen LogP contribution in [0.4, 0.5) is 17.3 Å². The highest BCUT2D eigenvalue weighted by Gasteiger charge is 2.09. The summed E-state index contributed by atoms with van der Waals surface area (Å²) in [6.45, 7) is 3.91. The minimum Gasteiger partial charge on any atom is -0.373 e. The van der Waals surface area contributed by atoms with E-state index in [2.05, 4.69) is 44.9 Å². The van der Waals surface area contributed by atoms with Crippen LogP contribution in [0, 0.1) is 13.8 Å². The van der Waals surface area contributed by atoms with E-state index in [1.165, 1.54) is 10.8 Å². The number of aryl methyl sites for hydroxylation is 1. The van der Waals surface area contributed by atoms with Gasteiger partial charge in [0.1, 0.15) is 17.5 Å². The van der Waals surface area contributed by atoms with Gasteiger partial charge < -0.3 is 10.6 Å². The van der Waals surface area contributed by atoms with Crippen LogP contribution in [0.2, 0.25) is 0 Å². The average molecular weight is 278 g/mol. The van der Waals surface area contributed by atoms with Crippen molar-refractivity contribution in [2.75, 3.05) is 17.7 Å². The summed E-state index contributed by atoms with van der Waals surface area (Å²) in [6, 6.07) is 14.5. The molecule has 0 fully saturated rings. The van der Waals surface area contributed by atoms with E-state index in [-0.39, 0.29) is 0 Å². The fourth-order valence-electron chi connectivity index (χ4n) is 2.46. The number of hydrogen-bond acceptors (Lipinski definition) is 4. The Bertz CT molecular complexity index is 791. The van der Waals surface area contributed by atoms with Crippen LogP contribution in [-0.2, 0) is 0 Å². The van der Waals surface area contributed by atoms with E-state index in [9.17, 15) is 0 Å². The highest BCUT2D eigenvalue weighted by Crippen LogP contribution is 2.28. The van der Waals surface area contributed by atoms with Crippen molar-refractivity contribution in [2.24, 2.45) is 0 Å². The molecule has 0 saturated carbocycles. The molecule has 0 unspecified atom stereocenters. The lowest BCUT2D eigenvalue weighted by molar-refractivity contribution is 1.04. The van der Waals surface area contributed by atoms with Gasteiger partial charge in [-0.05, 0) is 25.3 Å². The molecule has 1 aromatic heterocycles. The van der Waals surface area contributed by atoms with Gasteiger partial charge in [-0.3, -0.25) is 0 Å². The standard InChI is InChI=1S/C17H18N4/c1-11-16(18-3)19-12(2)20-17(11)21-15-10-6-8-13-7-4-5-9-14(13)15/h4-10H,1-3H3,(H2,18,19,20,21). The van der Waals surface area contributed by atoms with Gasteiger partial charge in [0.15, 0.2) is 0 Å². The number of fused-ring (bicyclic) bond motifs is 1. The van der Waals surface area contributed by atoms with Crippen LogP contribution in [0.25, 0.3) is 10.8 Å². The van der Waals surface area contributed by atoms with E-state index >= 15 is 0 Å². The Labute approximate surface area is 124 Å². The first-order valence-corrected chi connectivity index (χ1v) is 6.97. The summed E-state index contributed by atoms with van der Waals surface area (Å²) >= 11 is 0. The van der Waals surface area contributed by atoms with Crippen molar-refractivity contribution in [3.63, 3.8) is 0 Å². The molecular formula is C17H18N4. The second-order valence-corrected chi connectivity index (χ2v) is 4.99. The van der Waals surface area contributed by atoms with Gasteiger partial charge in [0.25, 0.3) is 0 Å². The predicted octanol–water partition coefficient (Wildman–Crippen LogP) is 4.03. The summed E-state index contributed by atoms with van der Waals surface area (Å²) in [5.74, 6) is 2.43. The van der Waals surface area contributed by atoms with Gasteiger partial charge in [-0.2, -0.15) is 0 Å². The van der Waals surface area contributed by atoms with E-state index in [1.807, 2.05) is 39.1 Å². The van der Waals surface area contributed by atoms with Crippen molar-refractivity contribution >= 4 is 28.1 Å². The van der Waals surface area contributed by atoms with Crippen LogP contribution >= 0.6 is 0 Å². The molecule has 0 radical (unpaired) electrons. The summed E-state index contributed by atoms with van der Waals surface area (Å²) in [5, 5.41) is 8.94. The summed E-state index contributed by atoms with van der Waals surface area (Å²) in [7, 11) is 1.87. The van der Waals surface area contributed by atoms with Crippen molar-refractivity contribution in [1.29, 1.82) is 0 Å². The number of aromatic nitrogens is 2. The van der Waals surface area contributed by atoms with Crippen molar-refractivity contribution in [2.45, 2.75) is 13.8 Å². The molecule has 4 heteroatoms. The van der Waals surface area contributed by atoms with Crippen molar-refractivity contribution in [1.82, 2.24) is 9.97 Å². The maximum atomic E-state index is 4.52. The fourth-order valence-corrected chi connectivity index (χ4v) is 2.46. The zero-order chi connectivity index (χ0) is 14.8. The molecule has 2 aromatic carbocycles. The first-order valence-electron chi connectivity index (χ1n) is 6.97. The van der Waals surface area contributed by atoms with E-state index in [0.717, 1.165) is 28.7 Å². The van der Waals surface area contributed by atoms with Gasteiger partial charge in [-0.1, -0.05) is 36.4 Å². The Morgan fingerprint density at radius 2 is 1.57 bits per heavy atom. The third-order valence-electron chi connectivity index (χ3n) is 3.54. The SMILES string of the molecule is CNc1nc(C)nc(Nc2cccc3ccccc23)c1C. The number of anilines is 3. The van der Waals surface area contributed by atoms with E-state index in [0.29, 0.717) is 0 Å². The van der Waals surface area contributed by atoms with Crippen molar-refractivity contribution in [3.8, 4) is 0 Å². The molecule has 4 nitrogen and oxygen atoms in total. The monoisotopic (exact) mass is 278 g/mol. The van der Waals surface area contributed by atoms with Crippen molar-refractivity contribution < 1.29 is 0 Å². The van der Waals surface area contributed by atoms with E-state index in [1.54, 1.807) is 0 Å². The van der Waals surface area contributed by atoms with Crippen LogP contribution in [0.5, 0.6) is 0 Å². The lowest BCUT2D eigenvalue weighted by atomic mass is 10.1. The Morgan fingerprint density at radius 3 is 2.38 bits per heavy atom. The molecule has 106 valence electrons. The molecule has 1 heterocycles. The van der Waals surface area contributed by atoms with Gasteiger partial charge in [-0.15, -0.1) is 0 Å². The Morgan fingerprint density at radius 1 is 0.857 bits per heavy atom. The molecule has 21 heavy (non-hydrogen) atoms. The number of nitrogens with zero attached hydrogens (tertiary/aromatic N) is 2. The van der Waals surface area contributed by atoms with Crippen LogP contribution in [-0.4, -0.2) is 17.0 Å². The second kappa shape index (κ2) is 5.40. The number of rotatable bonds is 3. The van der Waals surface area contributed by atoms with Crippen molar-refractivity contribution in [3.05, 3.63) is 53.9 Å². The normalized spacial score (nSPS) is 10.6. The molecule has 0 spiro atoms. The Hall–Kier alpha value is -2.62. The highest BCUT2D eigenvalue weighted by molar-refractivity contribution is 5.95. The third-order valence-corrected chi connectivity index (χ3v) is 3.54. The fraction of sp³-hybridized carbons (Fsp3) is 0.176. The van der Waals surface area contributed by atoms with Gasteiger partial charge in [0, 0.05) is 23.7 Å². The lowest BCUT2D eigenvalue weighted by Gasteiger charge is -2.14. The Balaban J connectivity index is 2.09. The smallest absolute Gasteiger partial charge is 0.139 e. The minimum atomic E-state index is 0.743. The molecule has 0 saturated heterocycles. The molecule has 0 aliphatic rings. The number of benzene rings is 2. The quantitative estimate of drug-likeness (QED) is 0.759. The maximum Gasteiger partial charge on any atom is 0.139 e. The molecule has 0 aliphatic carbocycles. The minimum absolute atomic E-state index is 0.743. The van der Waals surface area contributed by atoms with E-state index in [4.69, 9.17) is 0 Å². The van der Waals surface area contributed by atoms with E-state index < -0.39 is 0 Å². The molecule has 0 amide bonds.